The van der Waals surface area contributed by atoms with Crippen LogP contribution in [0.25, 0.3) is 11.6 Å². The van der Waals surface area contributed by atoms with Crippen molar-refractivity contribution in [2.45, 2.75) is 18.6 Å². The van der Waals surface area contributed by atoms with E-state index in [1.54, 1.807) is 42.7 Å². The second-order valence-electron chi connectivity index (χ2n) is 6.94. The zero-order valence-electron chi connectivity index (χ0n) is 18.3. The molecule has 0 aliphatic heterocycles. The van der Waals surface area contributed by atoms with E-state index < -0.39 is 18.5 Å². The number of nitrogens with one attached hydrogen (secondary N) is 1. The van der Waals surface area contributed by atoms with Gasteiger partial charge in [0.05, 0.1) is 17.7 Å². The SMILES string of the molecule is CCn1c(SCC(=O)OCC(=O)Nc2ccccc2Oc2ccccc2)nnc1-c1ccco1. The van der Waals surface area contributed by atoms with Crippen molar-refractivity contribution in [1.82, 2.24) is 14.8 Å². The van der Waals surface area contributed by atoms with Gasteiger partial charge in [0.1, 0.15) is 5.75 Å². The van der Waals surface area contributed by atoms with Crippen LogP contribution in [0.3, 0.4) is 0 Å². The summed E-state index contributed by atoms with van der Waals surface area (Å²) in [6.07, 6.45) is 1.56. The highest BCUT2D eigenvalue weighted by Gasteiger charge is 2.17. The van der Waals surface area contributed by atoms with Gasteiger partial charge in [-0.15, -0.1) is 10.2 Å². The number of hydrogen-bond donors (Lipinski definition) is 1. The molecule has 0 spiro atoms. The Bertz CT molecular complexity index is 1240. The molecule has 0 bridgehead atoms. The van der Waals surface area contributed by atoms with Crippen molar-refractivity contribution in [3.63, 3.8) is 0 Å². The van der Waals surface area contributed by atoms with E-state index >= 15 is 0 Å². The fraction of sp³-hybridized carbons (Fsp3) is 0.167. The molecule has 9 nitrogen and oxygen atoms in total. The summed E-state index contributed by atoms with van der Waals surface area (Å²) in [5.74, 6) is 1.27. The molecule has 1 amide bonds. The van der Waals surface area contributed by atoms with Crippen molar-refractivity contribution in [1.29, 1.82) is 0 Å². The van der Waals surface area contributed by atoms with Crippen molar-refractivity contribution >= 4 is 29.3 Å². The first-order chi connectivity index (χ1) is 16.6. The van der Waals surface area contributed by atoms with Gasteiger partial charge < -0.3 is 19.2 Å². The van der Waals surface area contributed by atoms with Crippen LogP contribution in [0.5, 0.6) is 11.5 Å². The number of thioether (sulfide) groups is 1. The highest BCUT2D eigenvalue weighted by molar-refractivity contribution is 7.99. The van der Waals surface area contributed by atoms with Crippen molar-refractivity contribution in [2.75, 3.05) is 17.7 Å². The normalized spacial score (nSPS) is 10.6. The van der Waals surface area contributed by atoms with Crippen LogP contribution in [0.1, 0.15) is 6.92 Å². The van der Waals surface area contributed by atoms with Gasteiger partial charge in [0.15, 0.2) is 29.1 Å². The zero-order valence-corrected chi connectivity index (χ0v) is 19.2. The Morgan fingerprint density at radius 1 is 1.03 bits per heavy atom. The molecular formula is C24H22N4O5S. The summed E-state index contributed by atoms with van der Waals surface area (Å²) in [5, 5.41) is 11.5. The van der Waals surface area contributed by atoms with E-state index in [-0.39, 0.29) is 5.75 Å². The number of rotatable bonds is 10. The third-order valence-corrected chi connectivity index (χ3v) is 5.53. The maximum Gasteiger partial charge on any atom is 0.316 e. The summed E-state index contributed by atoms with van der Waals surface area (Å²) >= 11 is 1.18. The summed E-state index contributed by atoms with van der Waals surface area (Å²) in [6, 6.07) is 19.8. The first-order valence-corrected chi connectivity index (χ1v) is 11.5. The maximum absolute atomic E-state index is 12.3. The molecule has 0 unspecified atom stereocenters. The minimum absolute atomic E-state index is 0.0166. The smallest absolute Gasteiger partial charge is 0.316 e. The number of carbonyl (C=O) groups is 2. The molecule has 0 radical (unpaired) electrons. The first kappa shape index (κ1) is 23.1. The molecule has 4 rings (SSSR count). The number of benzene rings is 2. The summed E-state index contributed by atoms with van der Waals surface area (Å²) in [6.45, 7) is 2.13. The molecule has 2 heterocycles. The lowest BCUT2D eigenvalue weighted by Crippen LogP contribution is -2.22. The zero-order chi connectivity index (χ0) is 23.8. The summed E-state index contributed by atoms with van der Waals surface area (Å²) in [4.78, 5) is 24.5. The Morgan fingerprint density at radius 3 is 2.59 bits per heavy atom. The van der Waals surface area contributed by atoms with Crippen molar-refractivity contribution < 1.29 is 23.5 Å². The quantitative estimate of drug-likeness (QED) is 0.260. The van der Waals surface area contributed by atoms with Crippen LogP contribution in [-0.2, 0) is 20.9 Å². The Kier molecular flexibility index (Phi) is 7.61. The predicted molar refractivity (Wildman–Crippen MR) is 127 cm³/mol. The van der Waals surface area contributed by atoms with Crippen LogP contribution in [0.4, 0.5) is 5.69 Å². The summed E-state index contributed by atoms with van der Waals surface area (Å²) in [7, 11) is 0. The van der Waals surface area contributed by atoms with Gasteiger partial charge in [0.25, 0.3) is 5.91 Å². The second-order valence-corrected chi connectivity index (χ2v) is 7.88. The summed E-state index contributed by atoms with van der Waals surface area (Å²) in [5.41, 5.74) is 0.475. The Labute approximate surface area is 200 Å². The van der Waals surface area contributed by atoms with Crippen molar-refractivity contribution in [2.24, 2.45) is 0 Å². The molecule has 0 saturated heterocycles. The molecule has 0 fully saturated rings. The van der Waals surface area contributed by atoms with Gasteiger partial charge in [0, 0.05) is 6.54 Å². The fourth-order valence-electron chi connectivity index (χ4n) is 3.04. The third kappa shape index (κ3) is 5.84. The van der Waals surface area contributed by atoms with Gasteiger partial charge in [-0.3, -0.25) is 14.2 Å². The number of anilines is 1. The number of para-hydroxylation sites is 3. The van der Waals surface area contributed by atoms with Crippen molar-refractivity contribution in [3.05, 3.63) is 73.0 Å². The lowest BCUT2D eigenvalue weighted by atomic mass is 10.3. The van der Waals surface area contributed by atoms with Gasteiger partial charge in [-0.1, -0.05) is 42.1 Å². The number of nitrogens with zero attached hydrogens (tertiary/aromatic N) is 3. The Morgan fingerprint density at radius 2 is 1.82 bits per heavy atom. The van der Waals surface area contributed by atoms with Gasteiger partial charge in [-0.05, 0) is 43.3 Å². The number of furan rings is 1. The van der Waals surface area contributed by atoms with E-state index in [2.05, 4.69) is 15.5 Å². The van der Waals surface area contributed by atoms with Crippen LogP contribution in [0.15, 0.2) is 82.6 Å². The van der Waals surface area contributed by atoms with E-state index in [1.807, 2.05) is 41.8 Å². The summed E-state index contributed by atoms with van der Waals surface area (Å²) < 4.78 is 18.2. The number of hydrogen-bond acceptors (Lipinski definition) is 8. The molecule has 2 aromatic heterocycles. The molecule has 0 aliphatic rings. The van der Waals surface area contributed by atoms with E-state index in [4.69, 9.17) is 13.9 Å². The Balaban J connectivity index is 1.28. The van der Waals surface area contributed by atoms with Gasteiger partial charge in [-0.2, -0.15) is 0 Å². The molecule has 4 aromatic rings. The molecule has 34 heavy (non-hydrogen) atoms. The lowest BCUT2D eigenvalue weighted by molar-refractivity contribution is -0.144. The highest BCUT2D eigenvalue weighted by atomic mass is 32.2. The molecule has 2 aromatic carbocycles. The van der Waals surface area contributed by atoms with E-state index in [0.29, 0.717) is 40.5 Å². The Hall–Kier alpha value is -4.05. The van der Waals surface area contributed by atoms with Crippen LogP contribution in [0.2, 0.25) is 0 Å². The molecule has 0 aliphatic carbocycles. The van der Waals surface area contributed by atoms with Crippen LogP contribution in [0, 0.1) is 0 Å². The number of esters is 1. The minimum atomic E-state index is -0.542. The van der Waals surface area contributed by atoms with E-state index in [1.165, 1.54) is 11.8 Å². The van der Waals surface area contributed by atoms with Crippen molar-refractivity contribution in [3.8, 4) is 23.1 Å². The van der Waals surface area contributed by atoms with Crippen LogP contribution < -0.4 is 10.1 Å². The number of amides is 1. The number of ether oxygens (including phenoxy) is 2. The largest absolute Gasteiger partial charge is 0.461 e. The minimum Gasteiger partial charge on any atom is -0.461 e. The average molecular weight is 479 g/mol. The number of aromatic nitrogens is 3. The predicted octanol–water partition coefficient (Wildman–Crippen LogP) is 4.62. The van der Waals surface area contributed by atoms with Crippen LogP contribution >= 0.6 is 11.8 Å². The monoisotopic (exact) mass is 478 g/mol. The molecule has 1 N–H and O–H groups in total. The van der Waals surface area contributed by atoms with Gasteiger partial charge in [0.2, 0.25) is 0 Å². The van der Waals surface area contributed by atoms with Gasteiger partial charge >= 0.3 is 5.97 Å². The maximum atomic E-state index is 12.3. The standard InChI is InChI=1S/C24H22N4O5S/c1-2-28-23(20-13-8-14-31-20)26-27-24(28)34-16-22(30)32-15-21(29)25-18-11-6-7-12-19(18)33-17-9-4-3-5-10-17/h3-14H,2,15-16H2,1H3,(H,25,29). The third-order valence-electron chi connectivity index (χ3n) is 4.59. The number of carbonyl (C=O) groups excluding carboxylic acids is 2. The lowest BCUT2D eigenvalue weighted by Gasteiger charge is -2.12. The molecule has 0 atom stereocenters. The fourth-order valence-corrected chi connectivity index (χ4v) is 3.84. The molecule has 0 saturated carbocycles. The molecule has 174 valence electrons. The second kappa shape index (κ2) is 11.2. The van der Waals surface area contributed by atoms with Crippen LogP contribution in [-0.4, -0.2) is 39.0 Å². The molecular weight excluding hydrogens is 456 g/mol. The first-order valence-electron chi connectivity index (χ1n) is 10.5. The van der Waals surface area contributed by atoms with Gasteiger partial charge in [-0.25, -0.2) is 0 Å². The van der Waals surface area contributed by atoms with E-state index in [9.17, 15) is 9.59 Å². The average Bonchev–Trinajstić information content (AvgIpc) is 3.53. The molecule has 10 heteroatoms. The topological polar surface area (TPSA) is 108 Å². The highest BCUT2D eigenvalue weighted by Crippen LogP contribution is 2.29. The van der Waals surface area contributed by atoms with E-state index in [0.717, 1.165) is 0 Å².